The number of likely N-dealkylation sites (N-methyl/N-ethyl adjacent to an activating group) is 1. The number of fused-ring (bicyclic) bond motifs is 3. The molecule has 0 spiro atoms. The van der Waals surface area contributed by atoms with Crippen molar-refractivity contribution in [3.63, 3.8) is 0 Å². The number of carboxylic acid groups (broad SMARTS) is 1. The summed E-state index contributed by atoms with van der Waals surface area (Å²) < 4.78 is 11.1. The number of hydrogen-bond donors (Lipinski definition) is 3. The van der Waals surface area contributed by atoms with Crippen LogP contribution in [0.4, 0.5) is 4.79 Å². The molecule has 1 heterocycles. The number of hydrogen-bond acceptors (Lipinski definition) is 6. The predicted octanol–water partition coefficient (Wildman–Crippen LogP) is 2.06. The lowest BCUT2D eigenvalue weighted by Gasteiger charge is -2.30. The van der Waals surface area contributed by atoms with E-state index in [9.17, 15) is 19.5 Å². The van der Waals surface area contributed by atoms with Crippen molar-refractivity contribution < 1.29 is 29.0 Å². The first-order chi connectivity index (χ1) is 16.7. The average molecular weight is 482 g/mol. The molecule has 1 fully saturated rings. The van der Waals surface area contributed by atoms with Gasteiger partial charge in [0.25, 0.3) is 0 Å². The molecule has 2 aromatic rings. The number of amides is 2. The molecule has 3 N–H and O–H groups in total. The largest absolute Gasteiger partial charge is 0.480 e. The highest BCUT2D eigenvalue weighted by Gasteiger charge is 2.48. The van der Waals surface area contributed by atoms with Gasteiger partial charge < -0.3 is 30.1 Å². The third-order valence-corrected chi connectivity index (χ3v) is 6.76. The highest BCUT2D eigenvalue weighted by molar-refractivity contribution is 5.89. The molecule has 35 heavy (non-hydrogen) atoms. The van der Waals surface area contributed by atoms with E-state index in [2.05, 4.69) is 22.8 Å². The second-order valence-electron chi connectivity index (χ2n) is 9.58. The van der Waals surface area contributed by atoms with E-state index >= 15 is 0 Å². The first-order valence-corrected chi connectivity index (χ1v) is 11.6. The molecule has 4 rings (SSSR count). The SMILES string of the molecule is CN(C)CC(NC(=O)C1(C)COCC1NC(=O)OCC1c2ccccc2-c2ccccc21)C(=O)O. The van der Waals surface area contributed by atoms with Gasteiger partial charge >= 0.3 is 12.1 Å². The second-order valence-corrected chi connectivity index (χ2v) is 9.58. The Labute approximate surface area is 204 Å². The Kier molecular flexibility index (Phi) is 7.09. The Morgan fingerprint density at radius 3 is 2.29 bits per heavy atom. The van der Waals surface area contributed by atoms with Gasteiger partial charge in [-0.1, -0.05) is 48.5 Å². The Morgan fingerprint density at radius 2 is 1.71 bits per heavy atom. The summed E-state index contributed by atoms with van der Waals surface area (Å²) in [5.41, 5.74) is 3.35. The summed E-state index contributed by atoms with van der Waals surface area (Å²) in [7, 11) is 3.45. The number of carboxylic acids is 1. The highest BCUT2D eigenvalue weighted by atomic mass is 16.5. The minimum Gasteiger partial charge on any atom is -0.480 e. The number of nitrogens with one attached hydrogen (secondary N) is 2. The van der Waals surface area contributed by atoms with E-state index in [0.717, 1.165) is 22.3 Å². The summed E-state index contributed by atoms with van der Waals surface area (Å²) in [4.78, 5) is 39.0. The zero-order chi connectivity index (χ0) is 25.2. The van der Waals surface area contributed by atoms with Crippen LogP contribution < -0.4 is 10.6 Å². The van der Waals surface area contributed by atoms with Gasteiger partial charge in [-0.15, -0.1) is 0 Å². The quantitative estimate of drug-likeness (QED) is 0.528. The van der Waals surface area contributed by atoms with Crippen LogP contribution in [0.3, 0.4) is 0 Å². The van der Waals surface area contributed by atoms with Gasteiger partial charge in [0.15, 0.2) is 0 Å². The second kappa shape index (κ2) is 10.1. The fourth-order valence-electron chi connectivity index (χ4n) is 4.75. The molecule has 2 amide bonds. The molecule has 2 aliphatic rings. The molecule has 1 aliphatic carbocycles. The van der Waals surface area contributed by atoms with Gasteiger partial charge in [0.1, 0.15) is 12.6 Å². The van der Waals surface area contributed by atoms with Crippen LogP contribution in [0.25, 0.3) is 11.1 Å². The normalized spacial score (nSPS) is 21.8. The number of nitrogens with zero attached hydrogens (tertiary/aromatic N) is 1. The van der Waals surface area contributed by atoms with Gasteiger partial charge in [-0.25, -0.2) is 9.59 Å². The monoisotopic (exact) mass is 481 g/mol. The Morgan fingerprint density at radius 1 is 1.11 bits per heavy atom. The number of carbonyl (C=O) groups excluding carboxylic acids is 2. The van der Waals surface area contributed by atoms with Crippen molar-refractivity contribution in [1.82, 2.24) is 15.5 Å². The van der Waals surface area contributed by atoms with E-state index in [-0.39, 0.29) is 32.3 Å². The van der Waals surface area contributed by atoms with Crippen molar-refractivity contribution in [2.24, 2.45) is 5.41 Å². The third kappa shape index (κ3) is 5.01. The topological polar surface area (TPSA) is 117 Å². The number of rotatable bonds is 8. The van der Waals surface area contributed by atoms with Gasteiger partial charge in [0.05, 0.1) is 24.7 Å². The molecule has 3 atom stereocenters. The zero-order valence-corrected chi connectivity index (χ0v) is 20.1. The fourth-order valence-corrected chi connectivity index (χ4v) is 4.75. The molecule has 0 bridgehead atoms. The molecular weight excluding hydrogens is 450 g/mol. The number of carbonyl (C=O) groups is 3. The lowest BCUT2D eigenvalue weighted by atomic mass is 9.84. The predicted molar refractivity (Wildman–Crippen MR) is 129 cm³/mol. The maximum absolute atomic E-state index is 13.0. The van der Waals surface area contributed by atoms with Crippen molar-refractivity contribution in [3.05, 3.63) is 59.7 Å². The summed E-state index contributed by atoms with van der Waals surface area (Å²) in [6.07, 6.45) is -0.649. The van der Waals surface area contributed by atoms with Gasteiger partial charge in [0, 0.05) is 12.5 Å². The molecule has 2 aromatic carbocycles. The maximum atomic E-state index is 13.0. The van der Waals surface area contributed by atoms with Crippen LogP contribution in [0, 0.1) is 5.41 Å². The summed E-state index contributed by atoms with van der Waals surface area (Å²) >= 11 is 0. The van der Waals surface area contributed by atoms with Crippen molar-refractivity contribution in [1.29, 1.82) is 0 Å². The lowest BCUT2D eigenvalue weighted by molar-refractivity contribution is -0.144. The molecular formula is C26H31N3O6. The van der Waals surface area contributed by atoms with Crippen LogP contribution in [0.1, 0.15) is 24.0 Å². The zero-order valence-electron chi connectivity index (χ0n) is 20.1. The molecule has 3 unspecified atom stereocenters. The smallest absolute Gasteiger partial charge is 0.407 e. The van der Waals surface area contributed by atoms with Crippen LogP contribution in [-0.2, 0) is 19.1 Å². The molecule has 0 radical (unpaired) electrons. The van der Waals surface area contributed by atoms with Crippen LogP contribution in [0.15, 0.2) is 48.5 Å². The standard InChI is InChI=1S/C26H31N3O6/c1-26(24(32)27-21(23(30)31)12-29(2)3)15-34-14-22(26)28-25(33)35-13-20-18-10-6-4-8-16(18)17-9-5-7-11-19(17)20/h4-11,20-22H,12-15H2,1-3H3,(H,27,32)(H,28,33)(H,30,31). The molecule has 1 saturated heterocycles. The Balaban J connectivity index is 1.40. The number of aliphatic carboxylic acids is 1. The van der Waals surface area contributed by atoms with E-state index in [0.29, 0.717) is 0 Å². The average Bonchev–Trinajstić information content (AvgIpc) is 3.35. The molecule has 186 valence electrons. The summed E-state index contributed by atoms with van der Waals surface area (Å²) in [5.74, 6) is -1.70. The van der Waals surface area contributed by atoms with Gasteiger partial charge in [-0.05, 0) is 43.3 Å². The van der Waals surface area contributed by atoms with Crippen molar-refractivity contribution in [3.8, 4) is 11.1 Å². The van der Waals surface area contributed by atoms with Crippen molar-refractivity contribution in [2.75, 3.05) is 40.5 Å². The van der Waals surface area contributed by atoms with Crippen molar-refractivity contribution in [2.45, 2.75) is 24.9 Å². The lowest BCUT2D eigenvalue weighted by Crippen LogP contribution is -2.57. The van der Waals surface area contributed by atoms with Gasteiger partial charge in [0.2, 0.25) is 5.91 Å². The molecule has 0 aromatic heterocycles. The van der Waals surface area contributed by atoms with E-state index in [1.54, 1.807) is 25.9 Å². The Hall–Kier alpha value is -3.43. The number of ether oxygens (including phenoxy) is 2. The first kappa shape index (κ1) is 24.7. The number of alkyl carbamates (subject to hydrolysis) is 1. The fraction of sp³-hybridized carbons (Fsp3) is 0.423. The molecule has 9 heteroatoms. The van der Waals surface area contributed by atoms with Crippen LogP contribution in [-0.4, -0.2) is 80.5 Å². The van der Waals surface area contributed by atoms with Crippen LogP contribution >= 0.6 is 0 Å². The molecule has 1 aliphatic heterocycles. The minimum absolute atomic E-state index is 0.0570. The van der Waals surface area contributed by atoms with Crippen molar-refractivity contribution >= 4 is 18.0 Å². The van der Waals surface area contributed by atoms with Crippen LogP contribution in [0.2, 0.25) is 0 Å². The third-order valence-electron chi connectivity index (χ3n) is 6.76. The summed E-state index contributed by atoms with van der Waals surface area (Å²) in [5, 5.41) is 14.8. The first-order valence-electron chi connectivity index (χ1n) is 11.6. The van der Waals surface area contributed by atoms with E-state index in [4.69, 9.17) is 9.47 Å². The van der Waals surface area contributed by atoms with Gasteiger partial charge in [-0.2, -0.15) is 0 Å². The van der Waals surface area contributed by atoms with E-state index in [1.165, 1.54) is 0 Å². The van der Waals surface area contributed by atoms with E-state index in [1.807, 2.05) is 36.4 Å². The molecule has 9 nitrogen and oxygen atoms in total. The van der Waals surface area contributed by atoms with Crippen LogP contribution in [0.5, 0.6) is 0 Å². The minimum atomic E-state index is -1.13. The number of benzene rings is 2. The summed E-state index contributed by atoms with van der Waals surface area (Å²) in [6, 6.07) is 14.4. The Bertz CT molecular complexity index is 1070. The highest BCUT2D eigenvalue weighted by Crippen LogP contribution is 2.44. The van der Waals surface area contributed by atoms with Gasteiger partial charge in [-0.3, -0.25) is 4.79 Å². The van der Waals surface area contributed by atoms with E-state index < -0.39 is 35.5 Å². The molecule has 0 saturated carbocycles. The summed E-state index contributed by atoms with van der Waals surface area (Å²) in [6.45, 7) is 2.13. The maximum Gasteiger partial charge on any atom is 0.407 e.